The Kier molecular flexibility index (Phi) is 3.40. The fourth-order valence-corrected chi connectivity index (χ4v) is 2.13. The Bertz CT molecular complexity index is 464. The molecule has 2 rings (SSSR count). The number of nitrogens with one attached hydrogen (secondary N) is 2. The van der Waals surface area contributed by atoms with Crippen LogP contribution in [-0.4, -0.2) is 18.5 Å². The summed E-state index contributed by atoms with van der Waals surface area (Å²) < 4.78 is 0. The summed E-state index contributed by atoms with van der Waals surface area (Å²) in [4.78, 5) is 12.0. The Morgan fingerprint density at radius 1 is 1.53 bits per heavy atom. The van der Waals surface area contributed by atoms with Crippen LogP contribution < -0.4 is 10.6 Å². The van der Waals surface area contributed by atoms with E-state index in [1.807, 2.05) is 13.0 Å². The average molecular weight is 229 g/mol. The second-order valence-corrected chi connectivity index (χ2v) is 4.28. The highest BCUT2D eigenvalue weighted by atomic mass is 16.1. The third-order valence-corrected chi connectivity index (χ3v) is 3.17. The Morgan fingerprint density at radius 2 is 2.29 bits per heavy atom. The second kappa shape index (κ2) is 4.98. The lowest BCUT2D eigenvalue weighted by molar-refractivity contribution is -0.120. The number of hydrogen-bond acceptors (Lipinski definition) is 3. The number of carbonyl (C=O) groups is 1. The van der Waals surface area contributed by atoms with Crippen LogP contribution in [0.4, 0.5) is 5.69 Å². The molecule has 0 bridgehead atoms. The van der Waals surface area contributed by atoms with Crippen molar-refractivity contribution in [3.05, 3.63) is 29.8 Å². The molecule has 0 spiro atoms. The highest BCUT2D eigenvalue weighted by Gasteiger charge is 2.29. The van der Waals surface area contributed by atoms with Gasteiger partial charge < -0.3 is 10.6 Å². The van der Waals surface area contributed by atoms with Crippen LogP contribution in [0.3, 0.4) is 0 Å². The van der Waals surface area contributed by atoms with Crippen LogP contribution in [0, 0.1) is 17.2 Å². The molecule has 2 atom stereocenters. The van der Waals surface area contributed by atoms with Gasteiger partial charge in [0.15, 0.2) is 0 Å². The van der Waals surface area contributed by atoms with Gasteiger partial charge in [-0.05, 0) is 32.0 Å². The summed E-state index contributed by atoms with van der Waals surface area (Å²) in [5.74, 6) is -0.0213. The van der Waals surface area contributed by atoms with Crippen LogP contribution in [0.5, 0.6) is 0 Å². The van der Waals surface area contributed by atoms with Crippen molar-refractivity contribution in [3.63, 3.8) is 0 Å². The zero-order valence-corrected chi connectivity index (χ0v) is 9.73. The summed E-state index contributed by atoms with van der Waals surface area (Å²) in [5, 5.41) is 15.0. The highest BCUT2D eigenvalue weighted by molar-refractivity contribution is 5.94. The zero-order chi connectivity index (χ0) is 12.3. The van der Waals surface area contributed by atoms with Crippen molar-refractivity contribution in [1.82, 2.24) is 5.32 Å². The summed E-state index contributed by atoms with van der Waals surface area (Å²) in [6.07, 6.45) is 0.849. The van der Waals surface area contributed by atoms with Gasteiger partial charge in [0, 0.05) is 6.04 Å². The van der Waals surface area contributed by atoms with E-state index >= 15 is 0 Å². The van der Waals surface area contributed by atoms with Crippen molar-refractivity contribution >= 4 is 11.6 Å². The molecule has 1 aromatic carbocycles. The first kappa shape index (κ1) is 11.6. The average Bonchev–Trinajstić information content (AvgIpc) is 2.76. The van der Waals surface area contributed by atoms with Crippen molar-refractivity contribution in [2.45, 2.75) is 19.4 Å². The summed E-state index contributed by atoms with van der Waals surface area (Å²) in [7, 11) is 0. The molecule has 0 aliphatic carbocycles. The van der Waals surface area contributed by atoms with E-state index in [-0.39, 0.29) is 17.9 Å². The molecular formula is C13H15N3O. The number of anilines is 1. The summed E-state index contributed by atoms with van der Waals surface area (Å²) in [6, 6.07) is 9.32. The molecule has 1 amide bonds. The monoisotopic (exact) mass is 229 g/mol. The van der Waals surface area contributed by atoms with Gasteiger partial charge in [-0.1, -0.05) is 12.1 Å². The molecule has 0 radical (unpaired) electrons. The lowest BCUT2D eigenvalue weighted by Gasteiger charge is -2.15. The van der Waals surface area contributed by atoms with Crippen molar-refractivity contribution in [2.24, 2.45) is 5.92 Å². The van der Waals surface area contributed by atoms with E-state index in [0.717, 1.165) is 13.0 Å². The first-order valence-corrected chi connectivity index (χ1v) is 5.75. The van der Waals surface area contributed by atoms with Gasteiger partial charge in [-0.2, -0.15) is 5.26 Å². The molecule has 1 aliphatic heterocycles. The molecule has 4 nitrogen and oxygen atoms in total. The van der Waals surface area contributed by atoms with Gasteiger partial charge in [0.05, 0.1) is 17.2 Å². The molecular weight excluding hydrogens is 214 g/mol. The molecule has 1 fully saturated rings. The maximum Gasteiger partial charge on any atom is 0.229 e. The molecule has 17 heavy (non-hydrogen) atoms. The smallest absolute Gasteiger partial charge is 0.229 e. The van der Waals surface area contributed by atoms with Crippen LogP contribution in [0.25, 0.3) is 0 Å². The number of nitrogens with zero attached hydrogens (tertiary/aromatic N) is 1. The maximum absolute atomic E-state index is 12.0. The number of benzene rings is 1. The molecule has 2 unspecified atom stereocenters. The van der Waals surface area contributed by atoms with E-state index in [4.69, 9.17) is 5.26 Å². The number of para-hydroxylation sites is 1. The van der Waals surface area contributed by atoms with Crippen LogP contribution in [-0.2, 0) is 4.79 Å². The molecule has 1 heterocycles. The Labute approximate surface area is 101 Å². The molecule has 1 aliphatic rings. The molecule has 0 aromatic heterocycles. The normalized spacial score (nSPS) is 23.1. The van der Waals surface area contributed by atoms with Crippen LogP contribution >= 0.6 is 0 Å². The lowest BCUT2D eigenvalue weighted by atomic mass is 10.0. The minimum absolute atomic E-state index is 0.00907. The first-order chi connectivity index (χ1) is 8.22. The van der Waals surface area contributed by atoms with Crippen LogP contribution in [0.2, 0.25) is 0 Å². The fourth-order valence-electron chi connectivity index (χ4n) is 2.13. The van der Waals surface area contributed by atoms with Gasteiger partial charge in [-0.25, -0.2) is 0 Å². The van der Waals surface area contributed by atoms with E-state index in [0.29, 0.717) is 11.3 Å². The minimum Gasteiger partial charge on any atom is -0.325 e. The first-order valence-electron chi connectivity index (χ1n) is 5.75. The summed E-state index contributed by atoms with van der Waals surface area (Å²) in [6.45, 7) is 2.88. The number of amides is 1. The van der Waals surface area contributed by atoms with E-state index in [1.54, 1.807) is 18.2 Å². The highest BCUT2D eigenvalue weighted by Crippen LogP contribution is 2.19. The SMILES string of the molecule is CC1NCCC1C(=O)Nc1ccccc1C#N. The molecule has 4 heteroatoms. The lowest BCUT2D eigenvalue weighted by Crippen LogP contribution is -2.32. The topological polar surface area (TPSA) is 64.9 Å². The van der Waals surface area contributed by atoms with Gasteiger partial charge in [0.25, 0.3) is 0 Å². The van der Waals surface area contributed by atoms with Gasteiger partial charge in [0.2, 0.25) is 5.91 Å². The van der Waals surface area contributed by atoms with Gasteiger partial charge in [-0.15, -0.1) is 0 Å². The van der Waals surface area contributed by atoms with Gasteiger partial charge in [0.1, 0.15) is 6.07 Å². The molecule has 88 valence electrons. The summed E-state index contributed by atoms with van der Waals surface area (Å²) >= 11 is 0. The third-order valence-electron chi connectivity index (χ3n) is 3.17. The van der Waals surface area contributed by atoms with E-state index in [1.165, 1.54) is 0 Å². The quantitative estimate of drug-likeness (QED) is 0.807. The third kappa shape index (κ3) is 2.45. The van der Waals surface area contributed by atoms with E-state index in [2.05, 4.69) is 16.7 Å². The van der Waals surface area contributed by atoms with E-state index in [9.17, 15) is 4.79 Å². The van der Waals surface area contributed by atoms with Gasteiger partial charge in [-0.3, -0.25) is 4.79 Å². The molecule has 1 aromatic rings. The number of carbonyl (C=O) groups excluding carboxylic acids is 1. The second-order valence-electron chi connectivity index (χ2n) is 4.28. The molecule has 0 saturated carbocycles. The largest absolute Gasteiger partial charge is 0.325 e. The Balaban J connectivity index is 2.11. The minimum atomic E-state index is -0.0123. The van der Waals surface area contributed by atoms with Crippen molar-refractivity contribution < 1.29 is 4.79 Å². The maximum atomic E-state index is 12.0. The van der Waals surface area contributed by atoms with Crippen LogP contribution in [0.15, 0.2) is 24.3 Å². The Hall–Kier alpha value is -1.86. The van der Waals surface area contributed by atoms with Crippen molar-refractivity contribution in [2.75, 3.05) is 11.9 Å². The summed E-state index contributed by atoms with van der Waals surface area (Å²) in [5.41, 5.74) is 1.10. The Morgan fingerprint density at radius 3 is 2.94 bits per heavy atom. The number of nitriles is 1. The van der Waals surface area contributed by atoms with E-state index < -0.39 is 0 Å². The number of hydrogen-bond donors (Lipinski definition) is 2. The fraction of sp³-hybridized carbons (Fsp3) is 0.385. The van der Waals surface area contributed by atoms with Crippen molar-refractivity contribution in [1.29, 1.82) is 5.26 Å². The molecule has 2 N–H and O–H groups in total. The zero-order valence-electron chi connectivity index (χ0n) is 9.73. The predicted octanol–water partition coefficient (Wildman–Crippen LogP) is 1.49. The molecule has 1 saturated heterocycles. The van der Waals surface area contributed by atoms with Crippen LogP contribution in [0.1, 0.15) is 18.9 Å². The predicted molar refractivity (Wildman–Crippen MR) is 65.4 cm³/mol. The standard InChI is InChI=1S/C13H15N3O/c1-9-11(6-7-15-9)13(17)16-12-5-3-2-4-10(12)8-14/h2-5,9,11,15H,6-7H2,1H3,(H,16,17). The van der Waals surface area contributed by atoms with Gasteiger partial charge >= 0.3 is 0 Å². The number of rotatable bonds is 2. The van der Waals surface area contributed by atoms with Crippen molar-refractivity contribution in [3.8, 4) is 6.07 Å².